The number of carbonyl (C=O) groups is 3. The van der Waals surface area contributed by atoms with Gasteiger partial charge in [0.1, 0.15) is 23.4 Å². The maximum atomic E-state index is 13.6. The van der Waals surface area contributed by atoms with E-state index in [-0.39, 0.29) is 6.42 Å². The first-order chi connectivity index (χ1) is 13.3. The number of primary amides is 1. The lowest BCUT2D eigenvalue weighted by Crippen LogP contribution is -2.47. The second kappa shape index (κ2) is 9.45. The Balaban J connectivity index is 2.04. The maximum Gasteiger partial charge on any atom is 0.329 e. The summed E-state index contributed by atoms with van der Waals surface area (Å²) < 4.78 is 32.3. The van der Waals surface area contributed by atoms with Gasteiger partial charge in [-0.2, -0.15) is 0 Å². The molecular weight excluding hydrogens is 372 g/mol. The fourth-order valence-electron chi connectivity index (χ4n) is 2.37. The number of halogens is 2. The third-order valence-electron chi connectivity index (χ3n) is 3.76. The van der Waals surface area contributed by atoms with Gasteiger partial charge in [-0.15, -0.1) is 0 Å². The zero-order chi connectivity index (χ0) is 20.7. The summed E-state index contributed by atoms with van der Waals surface area (Å²) in [5, 5.41) is 4.29. The Labute approximate surface area is 159 Å². The zero-order valence-electron chi connectivity index (χ0n) is 14.9. The molecule has 2 rings (SSSR count). The third kappa shape index (κ3) is 5.76. The van der Waals surface area contributed by atoms with Crippen LogP contribution in [0, 0.1) is 11.6 Å². The number of hydrogen-bond acceptors (Lipinski definition) is 4. The van der Waals surface area contributed by atoms with Crippen LogP contribution in [0.3, 0.4) is 0 Å². The van der Waals surface area contributed by atoms with Gasteiger partial charge in [0.25, 0.3) is 5.91 Å². The van der Waals surface area contributed by atoms with E-state index >= 15 is 0 Å². The molecule has 3 amide bonds. The molecule has 4 N–H and O–H groups in total. The summed E-state index contributed by atoms with van der Waals surface area (Å²) in [4.78, 5) is 35.7. The fourth-order valence-corrected chi connectivity index (χ4v) is 2.37. The number of hydrogen-bond donors (Lipinski definition) is 3. The highest BCUT2D eigenvalue weighted by Gasteiger charge is 2.27. The number of nitrogens with one attached hydrogen (secondary N) is 2. The number of urea groups is 1. The van der Waals surface area contributed by atoms with Gasteiger partial charge in [-0.25, -0.2) is 18.4 Å². The first-order valence-electron chi connectivity index (χ1n) is 8.33. The summed E-state index contributed by atoms with van der Waals surface area (Å²) in [5.74, 6) is -3.79. The number of rotatable bonds is 7. The number of esters is 1. The first kappa shape index (κ1) is 20.8. The van der Waals surface area contributed by atoms with Crippen molar-refractivity contribution in [1.82, 2.24) is 5.32 Å². The predicted molar refractivity (Wildman–Crippen MR) is 97.2 cm³/mol. The van der Waals surface area contributed by atoms with Crippen LogP contribution in [0.1, 0.15) is 12.5 Å². The number of nitrogens with two attached hydrogens (primary N) is 1. The molecule has 0 aromatic heterocycles. The highest BCUT2D eigenvalue weighted by molar-refractivity contribution is 5.95. The molecule has 7 nitrogen and oxygen atoms in total. The van der Waals surface area contributed by atoms with Crippen LogP contribution in [0.15, 0.2) is 48.5 Å². The molecule has 9 heteroatoms. The number of para-hydroxylation sites is 1. The minimum Gasteiger partial charge on any atom is -0.451 e. The minimum atomic E-state index is -1.38. The van der Waals surface area contributed by atoms with Crippen LogP contribution in [0.5, 0.6) is 0 Å². The van der Waals surface area contributed by atoms with E-state index < -0.39 is 47.4 Å². The summed E-state index contributed by atoms with van der Waals surface area (Å²) in [7, 11) is 0. The average molecular weight is 391 g/mol. The molecule has 0 unspecified atom stereocenters. The second-order valence-corrected chi connectivity index (χ2v) is 5.92. The summed E-state index contributed by atoms with van der Waals surface area (Å²) in [6.45, 7) is 1.23. The average Bonchev–Trinajstić information content (AvgIpc) is 2.64. The van der Waals surface area contributed by atoms with Gasteiger partial charge in [-0.1, -0.05) is 36.4 Å². The van der Waals surface area contributed by atoms with Crippen molar-refractivity contribution in [3.05, 3.63) is 65.7 Å². The smallest absolute Gasteiger partial charge is 0.329 e. The number of carbonyl (C=O) groups excluding carboxylic acids is 3. The third-order valence-corrected chi connectivity index (χ3v) is 3.76. The van der Waals surface area contributed by atoms with Crippen molar-refractivity contribution >= 4 is 23.6 Å². The Hall–Kier alpha value is -3.49. The predicted octanol–water partition coefficient (Wildman–Crippen LogP) is 2.11. The molecule has 28 heavy (non-hydrogen) atoms. The van der Waals surface area contributed by atoms with Crippen molar-refractivity contribution in [1.29, 1.82) is 0 Å². The van der Waals surface area contributed by atoms with Gasteiger partial charge in [0.2, 0.25) is 0 Å². The number of amides is 3. The topological polar surface area (TPSA) is 111 Å². The van der Waals surface area contributed by atoms with E-state index in [1.54, 1.807) is 30.3 Å². The van der Waals surface area contributed by atoms with E-state index in [2.05, 4.69) is 5.32 Å². The monoisotopic (exact) mass is 391 g/mol. The lowest BCUT2D eigenvalue weighted by Gasteiger charge is -2.20. The van der Waals surface area contributed by atoms with Crippen molar-refractivity contribution in [2.75, 3.05) is 5.32 Å². The van der Waals surface area contributed by atoms with Gasteiger partial charge in [-0.05, 0) is 24.6 Å². The largest absolute Gasteiger partial charge is 0.451 e. The van der Waals surface area contributed by atoms with Gasteiger partial charge in [0.05, 0.1) is 0 Å². The Kier molecular flexibility index (Phi) is 7.02. The summed E-state index contributed by atoms with van der Waals surface area (Å²) in [5.41, 5.74) is 5.17. The number of anilines is 1. The molecule has 2 atom stereocenters. The molecule has 0 radical (unpaired) electrons. The summed E-state index contributed by atoms with van der Waals surface area (Å²) >= 11 is 0. The second-order valence-electron chi connectivity index (χ2n) is 5.92. The Morgan fingerprint density at radius 3 is 2.21 bits per heavy atom. The van der Waals surface area contributed by atoms with Crippen molar-refractivity contribution in [2.45, 2.75) is 25.5 Å². The highest BCUT2D eigenvalue weighted by Crippen LogP contribution is 2.18. The first-order valence-corrected chi connectivity index (χ1v) is 8.33. The van der Waals surface area contributed by atoms with Gasteiger partial charge in [-0.3, -0.25) is 4.79 Å². The van der Waals surface area contributed by atoms with Crippen molar-refractivity contribution < 1.29 is 27.9 Å². The molecule has 0 aliphatic carbocycles. The molecule has 0 saturated heterocycles. The van der Waals surface area contributed by atoms with E-state index in [4.69, 9.17) is 10.5 Å². The van der Waals surface area contributed by atoms with Crippen LogP contribution in [0.4, 0.5) is 19.3 Å². The van der Waals surface area contributed by atoms with Crippen molar-refractivity contribution in [3.8, 4) is 0 Å². The van der Waals surface area contributed by atoms with Crippen molar-refractivity contribution in [3.63, 3.8) is 0 Å². The van der Waals surface area contributed by atoms with Crippen LogP contribution < -0.4 is 16.4 Å². The number of ether oxygens (including phenoxy) is 1. The van der Waals surface area contributed by atoms with Crippen LogP contribution in [-0.4, -0.2) is 30.1 Å². The minimum absolute atomic E-state index is 0.0822. The molecule has 0 bridgehead atoms. The molecule has 0 aliphatic heterocycles. The van der Waals surface area contributed by atoms with E-state index in [1.807, 2.05) is 5.32 Å². The molecule has 148 valence electrons. The zero-order valence-corrected chi connectivity index (χ0v) is 14.9. The molecule has 0 aliphatic rings. The Morgan fingerprint density at radius 2 is 1.64 bits per heavy atom. The van der Waals surface area contributed by atoms with E-state index in [9.17, 15) is 23.2 Å². The lowest BCUT2D eigenvalue weighted by atomic mass is 10.1. The molecule has 0 saturated carbocycles. The highest BCUT2D eigenvalue weighted by atomic mass is 19.1. The van der Waals surface area contributed by atoms with Gasteiger partial charge < -0.3 is 21.1 Å². The van der Waals surface area contributed by atoms with Crippen LogP contribution >= 0.6 is 0 Å². The Bertz CT molecular complexity index is 841. The van der Waals surface area contributed by atoms with Crippen LogP contribution in [0.2, 0.25) is 0 Å². The van der Waals surface area contributed by atoms with Crippen LogP contribution in [0.25, 0.3) is 0 Å². The quantitative estimate of drug-likeness (QED) is 0.628. The SMILES string of the molecule is C[C@H](OC(=O)[C@H](Cc1ccccc1)NC(N)=O)C(=O)Nc1c(F)cccc1F. The summed E-state index contributed by atoms with van der Waals surface area (Å²) in [6.07, 6.45) is -1.29. The molecule has 2 aromatic rings. The van der Waals surface area contributed by atoms with Gasteiger partial charge in [0.15, 0.2) is 6.10 Å². The fraction of sp³-hybridized carbons (Fsp3) is 0.211. The normalized spacial score (nSPS) is 12.5. The maximum absolute atomic E-state index is 13.6. The molecular formula is C19H19F2N3O4. The molecule has 0 heterocycles. The standard InChI is InChI=1S/C19H19F2N3O4/c1-11(17(25)24-16-13(20)8-5-9-14(16)21)28-18(26)15(23-19(22)27)10-12-6-3-2-4-7-12/h2-9,11,15H,10H2,1H3,(H,24,25)(H3,22,23,27)/t11-,15-/m0/s1. The number of benzene rings is 2. The Morgan fingerprint density at radius 1 is 1.04 bits per heavy atom. The molecule has 0 spiro atoms. The van der Waals surface area contributed by atoms with Gasteiger partial charge in [0, 0.05) is 6.42 Å². The van der Waals surface area contributed by atoms with E-state index in [0.29, 0.717) is 0 Å². The van der Waals surface area contributed by atoms with Crippen LogP contribution in [-0.2, 0) is 20.7 Å². The van der Waals surface area contributed by atoms with Gasteiger partial charge >= 0.3 is 12.0 Å². The van der Waals surface area contributed by atoms with Crippen molar-refractivity contribution in [2.24, 2.45) is 5.73 Å². The molecule has 0 fully saturated rings. The van der Waals surface area contributed by atoms with E-state index in [0.717, 1.165) is 23.8 Å². The lowest BCUT2D eigenvalue weighted by molar-refractivity contribution is -0.155. The van der Waals surface area contributed by atoms with E-state index in [1.165, 1.54) is 6.92 Å². The molecule has 2 aromatic carbocycles. The summed E-state index contributed by atoms with van der Waals surface area (Å²) in [6, 6.07) is 9.77.